The van der Waals surface area contributed by atoms with Gasteiger partial charge in [0.25, 0.3) is 5.91 Å². The van der Waals surface area contributed by atoms with Gasteiger partial charge in [-0.05, 0) is 42.7 Å². The first-order chi connectivity index (χ1) is 13.2. The molecule has 0 spiro atoms. The first kappa shape index (κ1) is 18.8. The van der Waals surface area contributed by atoms with Crippen molar-refractivity contribution in [1.82, 2.24) is 10.3 Å². The van der Waals surface area contributed by atoms with E-state index in [0.717, 1.165) is 24.5 Å². The van der Waals surface area contributed by atoms with Gasteiger partial charge in [0.1, 0.15) is 12.4 Å². The summed E-state index contributed by atoms with van der Waals surface area (Å²) in [5.41, 5.74) is 1.48. The summed E-state index contributed by atoms with van der Waals surface area (Å²) < 4.78 is 10.8. The number of hydrogen-bond donors (Lipinski definition) is 1. The largest absolute Gasteiger partial charge is 0.493 e. The summed E-state index contributed by atoms with van der Waals surface area (Å²) in [6.45, 7) is 6.55. The Morgan fingerprint density at radius 3 is 2.74 bits per heavy atom. The number of ether oxygens (including phenoxy) is 2. The lowest BCUT2D eigenvalue weighted by molar-refractivity contribution is 0.0950. The Kier molecular flexibility index (Phi) is 6.30. The molecule has 0 unspecified atom stereocenters. The first-order valence-corrected chi connectivity index (χ1v) is 9.11. The Morgan fingerprint density at radius 2 is 2.07 bits per heavy atom. The van der Waals surface area contributed by atoms with E-state index in [1.54, 1.807) is 31.4 Å². The third kappa shape index (κ3) is 4.78. The summed E-state index contributed by atoms with van der Waals surface area (Å²) >= 11 is 0. The zero-order valence-corrected chi connectivity index (χ0v) is 15.6. The van der Waals surface area contributed by atoms with E-state index < -0.39 is 0 Å². The van der Waals surface area contributed by atoms with Crippen LogP contribution in [0.3, 0.4) is 0 Å². The Bertz CT molecular complexity index is 784. The summed E-state index contributed by atoms with van der Waals surface area (Å²) in [4.78, 5) is 19.2. The molecule has 1 aromatic heterocycles. The number of rotatable bonds is 8. The molecular weight excluding hydrogens is 342 g/mol. The molecule has 0 aliphatic carbocycles. The maximum atomic E-state index is 12.4. The standard InChI is InChI=1S/C21H25N3O3/c1-3-12-27-18-8-7-17(13-19(18)26-2)21(25)23-15-16-6-9-20(22-14-16)24-10-4-5-11-24/h3,6-9,13-14H,1,4-5,10-12,15H2,2H3,(H,23,25). The summed E-state index contributed by atoms with van der Waals surface area (Å²) in [5, 5.41) is 2.91. The van der Waals surface area contributed by atoms with Crippen LogP contribution < -0.4 is 19.7 Å². The molecule has 1 aromatic carbocycles. The minimum absolute atomic E-state index is 0.174. The molecule has 1 aliphatic rings. The zero-order chi connectivity index (χ0) is 19.1. The van der Waals surface area contributed by atoms with Crippen LogP contribution in [0.5, 0.6) is 11.5 Å². The molecule has 1 fully saturated rings. The molecule has 1 N–H and O–H groups in total. The highest BCUT2D eigenvalue weighted by atomic mass is 16.5. The van der Waals surface area contributed by atoms with Gasteiger partial charge in [0.2, 0.25) is 0 Å². The fraction of sp³-hybridized carbons (Fsp3) is 0.333. The number of hydrogen-bond acceptors (Lipinski definition) is 5. The van der Waals surface area contributed by atoms with E-state index in [4.69, 9.17) is 9.47 Å². The number of pyridine rings is 1. The van der Waals surface area contributed by atoms with Gasteiger partial charge in [-0.2, -0.15) is 0 Å². The molecule has 0 saturated carbocycles. The molecular formula is C21H25N3O3. The lowest BCUT2D eigenvalue weighted by Gasteiger charge is -2.16. The van der Waals surface area contributed by atoms with Crippen LogP contribution in [0, 0.1) is 0 Å². The second-order valence-corrected chi connectivity index (χ2v) is 6.37. The molecule has 0 radical (unpaired) electrons. The molecule has 2 heterocycles. The van der Waals surface area contributed by atoms with E-state index in [2.05, 4.69) is 21.8 Å². The van der Waals surface area contributed by atoms with Crippen LogP contribution in [-0.2, 0) is 6.54 Å². The normalized spacial score (nSPS) is 13.3. The number of amides is 1. The van der Waals surface area contributed by atoms with Gasteiger partial charge in [-0.25, -0.2) is 4.98 Å². The van der Waals surface area contributed by atoms with Crippen molar-refractivity contribution in [1.29, 1.82) is 0 Å². The van der Waals surface area contributed by atoms with E-state index in [9.17, 15) is 4.79 Å². The van der Waals surface area contributed by atoms with Crippen molar-refractivity contribution in [3.8, 4) is 11.5 Å². The van der Waals surface area contributed by atoms with Gasteiger partial charge in [-0.15, -0.1) is 0 Å². The number of nitrogens with zero attached hydrogens (tertiary/aromatic N) is 2. The van der Waals surface area contributed by atoms with E-state index in [1.807, 2.05) is 18.3 Å². The lowest BCUT2D eigenvalue weighted by atomic mass is 10.2. The molecule has 6 heteroatoms. The third-order valence-electron chi connectivity index (χ3n) is 4.47. The SMILES string of the molecule is C=CCOc1ccc(C(=O)NCc2ccc(N3CCCC3)nc2)cc1OC. The van der Waals surface area contributed by atoms with E-state index in [0.29, 0.717) is 30.2 Å². The van der Waals surface area contributed by atoms with E-state index in [1.165, 1.54) is 12.8 Å². The Morgan fingerprint density at radius 1 is 1.26 bits per heavy atom. The van der Waals surface area contributed by atoms with Crippen LogP contribution in [0.4, 0.5) is 5.82 Å². The van der Waals surface area contributed by atoms with Crippen molar-refractivity contribution in [3.05, 3.63) is 60.3 Å². The smallest absolute Gasteiger partial charge is 0.251 e. The molecule has 1 aliphatic heterocycles. The van der Waals surface area contributed by atoms with Crippen LogP contribution in [0.2, 0.25) is 0 Å². The third-order valence-corrected chi connectivity index (χ3v) is 4.47. The van der Waals surface area contributed by atoms with E-state index in [-0.39, 0.29) is 5.91 Å². The Labute approximate surface area is 159 Å². The fourth-order valence-electron chi connectivity index (χ4n) is 3.02. The van der Waals surface area contributed by atoms with Gasteiger partial charge in [0.05, 0.1) is 7.11 Å². The highest BCUT2D eigenvalue weighted by Gasteiger charge is 2.14. The number of anilines is 1. The van der Waals surface area contributed by atoms with Crippen LogP contribution in [0.25, 0.3) is 0 Å². The average molecular weight is 367 g/mol. The predicted octanol–water partition coefficient (Wildman–Crippen LogP) is 3.19. The summed E-state index contributed by atoms with van der Waals surface area (Å²) in [6.07, 6.45) is 5.92. The lowest BCUT2D eigenvalue weighted by Crippen LogP contribution is -2.23. The van der Waals surface area contributed by atoms with Crippen LogP contribution in [-0.4, -0.2) is 37.7 Å². The first-order valence-electron chi connectivity index (χ1n) is 9.11. The van der Waals surface area contributed by atoms with Crippen LogP contribution in [0.15, 0.2) is 49.2 Å². The van der Waals surface area contributed by atoms with Crippen molar-refractivity contribution in [2.75, 3.05) is 31.7 Å². The van der Waals surface area contributed by atoms with Crippen molar-refractivity contribution >= 4 is 11.7 Å². The number of methoxy groups -OCH3 is 1. The molecule has 142 valence electrons. The Hall–Kier alpha value is -3.02. The van der Waals surface area contributed by atoms with Gasteiger partial charge in [0.15, 0.2) is 11.5 Å². The van der Waals surface area contributed by atoms with Gasteiger partial charge >= 0.3 is 0 Å². The summed E-state index contributed by atoms with van der Waals surface area (Å²) in [6, 6.07) is 9.13. The molecule has 0 bridgehead atoms. The topological polar surface area (TPSA) is 63.7 Å². The molecule has 1 amide bonds. The monoisotopic (exact) mass is 367 g/mol. The molecule has 1 saturated heterocycles. The summed E-state index contributed by atoms with van der Waals surface area (Å²) in [7, 11) is 1.55. The van der Waals surface area contributed by atoms with Crippen molar-refractivity contribution < 1.29 is 14.3 Å². The maximum absolute atomic E-state index is 12.4. The molecule has 27 heavy (non-hydrogen) atoms. The van der Waals surface area contributed by atoms with Gasteiger partial charge in [-0.1, -0.05) is 18.7 Å². The van der Waals surface area contributed by atoms with Gasteiger partial charge in [0, 0.05) is 31.4 Å². The van der Waals surface area contributed by atoms with Crippen molar-refractivity contribution in [2.24, 2.45) is 0 Å². The number of carbonyl (C=O) groups excluding carboxylic acids is 1. The highest BCUT2D eigenvalue weighted by Crippen LogP contribution is 2.28. The minimum atomic E-state index is -0.174. The Balaban J connectivity index is 1.59. The number of nitrogens with one attached hydrogen (secondary N) is 1. The zero-order valence-electron chi connectivity index (χ0n) is 15.6. The highest BCUT2D eigenvalue weighted by molar-refractivity contribution is 5.94. The molecule has 6 nitrogen and oxygen atoms in total. The number of benzene rings is 1. The summed E-state index contributed by atoms with van der Waals surface area (Å²) in [5.74, 6) is 1.92. The molecule has 2 aromatic rings. The fourth-order valence-corrected chi connectivity index (χ4v) is 3.02. The van der Waals surface area contributed by atoms with E-state index >= 15 is 0 Å². The number of aromatic nitrogens is 1. The average Bonchev–Trinajstić information content (AvgIpc) is 3.25. The quantitative estimate of drug-likeness (QED) is 0.726. The second kappa shape index (κ2) is 9.07. The maximum Gasteiger partial charge on any atom is 0.251 e. The van der Waals surface area contributed by atoms with Crippen molar-refractivity contribution in [2.45, 2.75) is 19.4 Å². The van der Waals surface area contributed by atoms with Crippen molar-refractivity contribution in [3.63, 3.8) is 0 Å². The molecule has 3 rings (SSSR count). The van der Waals surface area contributed by atoms with Crippen LogP contribution >= 0.6 is 0 Å². The minimum Gasteiger partial charge on any atom is -0.493 e. The van der Waals surface area contributed by atoms with Gasteiger partial charge in [-0.3, -0.25) is 4.79 Å². The van der Waals surface area contributed by atoms with Gasteiger partial charge < -0.3 is 19.7 Å². The second-order valence-electron chi connectivity index (χ2n) is 6.37. The number of carbonyl (C=O) groups is 1. The van der Waals surface area contributed by atoms with Crippen LogP contribution in [0.1, 0.15) is 28.8 Å². The molecule has 0 atom stereocenters. The predicted molar refractivity (Wildman–Crippen MR) is 106 cm³/mol.